The highest BCUT2D eigenvalue weighted by Crippen LogP contribution is 2.18. The summed E-state index contributed by atoms with van der Waals surface area (Å²) >= 11 is 5.84. The van der Waals surface area contributed by atoms with Gasteiger partial charge in [-0.05, 0) is 24.3 Å². The summed E-state index contributed by atoms with van der Waals surface area (Å²) in [6, 6.07) is 6.76. The molecule has 3 aromatic rings. The fourth-order valence-electron chi connectivity index (χ4n) is 2.01. The molecule has 9 heteroatoms. The minimum atomic E-state index is -0.329. The first-order valence-corrected chi connectivity index (χ1v) is 7.56. The topological polar surface area (TPSA) is 97.9 Å². The molecule has 3 rings (SSSR count). The van der Waals surface area contributed by atoms with Gasteiger partial charge in [0.2, 0.25) is 11.7 Å². The maximum atomic E-state index is 11.8. The number of carbonyl (C=O) groups is 1. The maximum absolute atomic E-state index is 11.8. The zero-order valence-corrected chi connectivity index (χ0v) is 13.6. The van der Waals surface area contributed by atoms with Crippen LogP contribution in [0, 0.1) is 0 Å². The van der Waals surface area contributed by atoms with Crippen molar-refractivity contribution in [3.63, 3.8) is 0 Å². The first kappa shape index (κ1) is 16.0. The van der Waals surface area contributed by atoms with Crippen LogP contribution in [-0.2, 0) is 20.1 Å². The first-order chi connectivity index (χ1) is 11.6. The van der Waals surface area contributed by atoms with Crippen LogP contribution in [0.15, 0.2) is 41.2 Å². The van der Waals surface area contributed by atoms with Crippen molar-refractivity contribution in [2.75, 3.05) is 0 Å². The smallest absolute Gasteiger partial charge is 0.315 e. The Morgan fingerprint density at radius 3 is 2.71 bits per heavy atom. The molecule has 0 fully saturated rings. The number of benzene rings is 1. The Bertz CT molecular complexity index is 827. The highest BCUT2D eigenvalue weighted by atomic mass is 35.5. The molecule has 124 valence electrons. The van der Waals surface area contributed by atoms with Crippen molar-refractivity contribution in [1.29, 1.82) is 0 Å². The number of hydrogen-bond acceptors (Lipinski definition) is 5. The summed E-state index contributed by atoms with van der Waals surface area (Å²) in [6.45, 7) is 0.527. The third-order valence-corrected chi connectivity index (χ3v) is 3.43. The van der Waals surface area contributed by atoms with Gasteiger partial charge in [-0.15, -0.1) is 0 Å². The fraction of sp³-hybridized carbons (Fsp3) is 0.200. The molecule has 0 bridgehead atoms. The molecular weight excluding hydrogens is 332 g/mol. The van der Waals surface area contributed by atoms with Crippen molar-refractivity contribution in [3.05, 3.63) is 53.1 Å². The number of hydrogen-bond donors (Lipinski definition) is 2. The monoisotopic (exact) mass is 346 g/mol. The Hall–Kier alpha value is -2.87. The normalized spacial score (nSPS) is 10.6. The van der Waals surface area contributed by atoms with Gasteiger partial charge in [0.25, 0.3) is 0 Å². The molecule has 2 aromatic heterocycles. The highest BCUT2D eigenvalue weighted by molar-refractivity contribution is 6.30. The quantitative estimate of drug-likeness (QED) is 0.737. The van der Waals surface area contributed by atoms with Gasteiger partial charge in [0.1, 0.15) is 0 Å². The predicted octanol–water partition coefficient (Wildman–Crippen LogP) is 2.12. The van der Waals surface area contributed by atoms with Crippen molar-refractivity contribution in [2.45, 2.75) is 13.1 Å². The second-order valence-electron chi connectivity index (χ2n) is 5.08. The number of aromatic nitrogens is 4. The van der Waals surface area contributed by atoms with E-state index in [-0.39, 0.29) is 12.6 Å². The molecular formula is C15H15ClN6O2. The average molecular weight is 347 g/mol. The van der Waals surface area contributed by atoms with Gasteiger partial charge in [-0.2, -0.15) is 10.1 Å². The van der Waals surface area contributed by atoms with E-state index in [1.54, 1.807) is 35.1 Å². The number of halogens is 1. The van der Waals surface area contributed by atoms with Crippen molar-refractivity contribution in [1.82, 2.24) is 30.6 Å². The van der Waals surface area contributed by atoms with E-state index in [0.717, 1.165) is 11.1 Å². The number of nitrogens with one attached hydrogen (secondary N) is 2. The molecule has 24 heavy (non-hydrogen) atoms. The van der Waals surface area contributed by atoms with E-state index in [2.05, 4.69) is 25.9 Å². The fourth-order valence-corrected chi connectivity index (χ4v) is 2.13. The highest BCUT2D eigenvalue weighted by Gasteiger charge is 2.10. The summed E-state index contributed by atoms with van der Waals surface area (Å²) in [5.41, 5.74) is 1.70. The van der Waals surface area contributed by atoms with Crippen LogP contribution in [0.25, 0.3) is 11.4 Å². The molecule has 0 aliphatic carbocycles. The van der Waals surface area contributed by atoms with Crippen LogP contribution < -0.4 is 10.6 Å². The van der Waals surface area contributed by atoms with E-state index in [1.807, 2.05) is 13.2 Å². The molecule has 8 nitrogen and oxygen atoms in total. The summed E-state index contributed by atoms with van der Waals surface area (Å²) in [5.74, 6) is 0.760. The largest absolute Gasteiger partial charge is 0.337 e. The van der Waals surface area contributed by atoms with E-state index in [0.29, 0.717) is 23.3 Å². The molecule has 1 aromatic carbocycles. The Morgan fingerprint density at radius 2 is 2.00 bits per heavy atom. The van der Waals surface area contributed by atoms with Crippen LogP contribution in [-0.4, -0.2) is 26.0 Å². The van der Waals surface area contributed by atoms with E-state index in [1.165, 1.54) is 0 Å². The lowest BCUT2D eigenvalue weighted by atomic mass is 10.2. The number of aryl methyl sites for hydroxylation is 1. The van der Waals surface area contributed by atoms with E-state index >= 15 is 0 Å². The minimum Gasteiger partial charge on any atom is -0.337 e. The lowest BCUT2D eigenvalue weighted by Gasteiger charge is -2.03. The number of amides is 2. The molecule has 0 radical (unpaired) electrons. The van der Waals surface area contributed by atoms with Gasteiger partial charge >= 0.3 is 6.03 Å². The summed E-state index contributed by atoms with van der Waals surface area (Å²) in [5, 5.41) is 13.9. The third-order valence-electron chi connectivity index (χ3n) is 3.18. The Kier molecular flexibility index (Phi) is 4.76. The SMILES string of the molecule is Cn1cc(CNC(=O)NCc2nc(-c3ccc(Cl)cc3)no2)cn1. The molecule has 0 saturated carbocycles. The van der Waals surface area contributed by atoms with Crippen LogP contribution in [0.1, 0.15) is 11.5 Å². The van der Waals surface area contributed by atoms with Crippen LogP contribution in [0.2, 0.25) is 5.02 Å². The van der Waals surface area contributed by atoms with Gasteiger partial charge in [0, 0.05) is 35.9 Å². The van der Waals surface area contributed by atoms with Gasteiger partial charge in [0.15, 0.2) is 0 Å². The van der Waals surface area contributed by atoms with Gasteiger partial charge in [-0.25, -0.2) is 4.79 Å². The maximum Gasteiger partial charge on any atom is 0.315 e. The Morgan fingerprint density at radius 1 is 1.25 bits per heavy atom. The van der Waals surface area contributed by atoms with Crippen molar-refractivity contribution in [3.8, 4) is 11.4 Å². The van der Waals surface area contributed by atoms with E-state index in [4.69, 9.17) is 16.1 Å². The second-order valence-corrected chi connectivity index (χ2v) is 5.51. The second kappa shape index (κ2) is 7.14. The molecule has 0 saturated heterocycles. The number of carbonyl (C=O) groups excluding carboxylic acids is 1. The summed E-state index contributed by atoms with van der Waals surface area (Å²) in [6.07, 6.45) is 3.52. The predicted molar refractivity (Wildman–Crippen MR) is 87.0 cm³/mol. The lowest BCUT2D eigenvalue weighted by molar-refractivity contribution is 0.238. The molecule has 2 N–H and O–H groups in total. The molecule has 0 aliphatic heterocycles. The summed E-state index contributed by atoms with van der Waals surface area (Å²) in [7, 11) is 1.82. The average Bonchev–Trinajstić information content (AvgIpc) is 3.21. The van der Waals surface area contributed by atoms with Gasteiger partial charge in [-0.3, -0.25) is 4.68 Å². The van der Waals surface area contributed by atoms with E-state index in [9.17, 15) is 4.79 Å². The Balaban J connectivity index is 1.49. The van der Waals surface area contributed by atoms with Crippen molar-refractivity contribution >= 4 is 17.6 Å². The van der Waals surface area contributed by atoms with E-state index < -0.39 is 0 Å². The summed E-state index contributed by atoms with van der Waals surface area (Å²) < 4.78 is 6.79. The third kappa shape index (κ3) is 4.11. The molecule has 0 aliphatic rings. The van der Waals surface area contributed by atoms with Gasteiger partial charge in [0.05, 0.1) is 12.7 Å². The minimum absolute atomic E-state index is 0.138. The standard InChI is InChI=1S/C15H15ClN6O2/c1-22-9-10(7-19-22)6-17-15(23)18-8-13-20-14(21-24-13)11-2-4-12(16)5-3-11/h2-5,7,9H,6,8H2,1H3,(H2,17,18,23). The number of rotatable bonds is 5. The molecule has 2 amide bonds. The van der Waals surface area contributed by atoms with Crippen LogP contribution in [0.3, 0.4) is 0 Å². The number of urea groups is 1. The number of nitrogens with zero attached hydrogens (tertiary/aromatic N) is 4. The molecule has 0 spiro atoms. The molecule has 0 atom stereocenters. The van der Waals surface area contributed by atoms with Crippen molar-refractivity contribution in [2.24, 2.45) is 7.05 Å². The van der Waals surface area contributed by atoms with Crippen LogP contribution >= 0.6 is 11.6 Å². The lowest BCUT2D eigenvalue weighted by Crippen LogP contribution is -2.34. The van der Waals surface area contributed by atoms with Gasteiger partial charge in [-0.1, -0.05) is 16.8 Å². The van der Waals surface area contributed by atoms with Crippen molar-refractivity contribution < 1.29 is 9.32 Å². The zero-order valence-electron chi connectivity index (χ0n) is 12.9. The first-order valence-electron chi connectivity index (χ1n) is 7.18. The Labute approximate surface area is 142 Å². The molecule has 2 heterocycles. The van der Waals surface area contributed by atoms with Gasteiger partial charge < -0.3 is 15.2 Å². The molecule has 0 unspecified atom stereocenters. The zero-order chi connectivity index (χ0) is 16.9. The van der Waals surface area contributed by atoms with Crippen LogP contribution in [0.5, 0.6) is 0 Å². The van der Waals surface area contributed by atoms with Crippen LogP contribution in [0.4, 0.5) is 4.79 Å². The summed E-state index contributed by atoms with van der Waals surface area (Å²) in [4.78, 5) is 16.0.